The van der Waals surface area contributed by atoms with E-state index in [4.69, 9.17) is 4.74 Å². The van der Waals surface area contributed by atoms with Gasteiger partial charge in [0.05, 0.1) is 24.3 Å². The zero-order valence-corrected chi connectivity index (χ0v) is 11.2. The van der Waals surface area contributed by atoms with Crippen molar-refractivity contribution in [2.24, 2.45) is 0 Å². The number of nitrogens with zero attached hydrogens (tertiary/aromatic N) is 1. The topological polar surface area (TPSA) is 70.0 Å². The Balaban J connectivity index is 2.04. The largest absolute Gasteiger partial charge is 0.508 e. The smallest absolute Gasteiger partial charge is 0.180 e. The Morgan fingerprint density at radius 1 is 1.32 bits per heavy atom. The van der Waals surface area contributed by atoms with Crippen molar-refractivity contribution in [1.82, 2.24) is 4.90 Å². The monoisotopic (exact) mass is 265 g/mol. The van der Waals surface area contributed by atoms with Crippen LogP contribution in [0.15, 0.2) is 18.2 Å². The van der Waals surface area contributed by atoms with E-state index in [2.05, 4.69) is 0 Å². The maximum Gasteiger partial charge on any atom is 0.180 e. The number of aromatic hydroxyl groups is 2. The number of phenols is 2. The number of benzene rings is 1. The van der Waals surface area contributed by atoms with E-state index in [9.17, 15) is 15.0 Å². The molecule has 5 heteroatoms. The summed E-state index contributed by atoms with van der Waals surface area (Å²) >= 11 is 0. The lowest BCUT2D eigenvalue weighted by Gasteiger charge is -2.34. The molecule has 2 N–H and O–H groups in total. The van der Waals surface area contributed by atoms with Crippen molar-refractivity contribution < 1.29 is 19.7 Å². The third-order valence-electron chi connectivity index (χ3n) is 3.14. The van der Waals surface area contributed by atoms with Crippen LogP contribution in [-0.4, -0.2) is 52.7 Å². The number of phenolic OH excluding ortho intramolecular Hbond substituents is 2. The fourth-order valence-electron chi connectivity index (χ4n) is 2.46. The molecule has 1 heterocycles. The molecular formula is C14H19NO4. The lowest BCUT2D eigenvalue weighted by atomic mass is 10.1. The number of hydrogen-bond acceptors (Lipinski definition) is 5. The summed E-state index contributed by atoms with van der Waals surface area (Å²) in [5.41, 5.74) is 0.240. The number of ether oxygens (including phenoxy) is 1. The van der Waals surface area contributed by atoms with Crippen LogP contribution in [0, 0.1) is 0 Å². The number of morpholine rings is 1. The van der Waals surface area contributed by atoms with Gasteiger partial charge in [-0.1, -0.05) is 0 Å². The maximum absolute atomic E-state index is 12.1. The highest BCUT2D eigenvalue weighted by Crippen LogP contribution is 2.23. The van der Waals surface area contributed by atoms with Gasteiger partial charge in [0.2, 0.25) is 0 Å². The van der Waals surface area contributed by atoms with Crippen molar-refractivity contribution in [2.45, 2.75) is 26.1 Å². The van der Waals surface area contributed by atoms with Crippen molar-refractivity contribution in [3.8, 4) is 11.5 Å². The molecule has 0 unspecified atom stereocenters. The first-order valence-electron chi connectivity index (χ1n) is 6.38. The van der Waals surface area contributed by atoms with Crippen LogP contribution in [-0.2, 0) is 4.74 Å². The molecule has 0 saturated carbocycles. The zero-order chi connectivity index (χ0) is 14.0. The summed E-state index contributed by atoms with van der Waals surface area (Å²) in [4.78, 5) is 14.2. The number of Topliss-reactive ketones (excluding diaryl/α,β-unsaturated/α-hetero) is 1. The molecule has 0 spiro atoms. The second-order valence-electron chi connectivity index (χ2n) is 5.08. The second kappa shape index (κ2) is 5.59. The second-order valence-corrected chi connectivity index (χ2v) is 5.08. The number of carbonyl (C=O) groups excluding carboxylic acids is 1. The lowest BCUT2D eigenvalue weighted by molar-refractivity contribution is -0.0652. The first-order valence-corrected chi connectivity index (χ1v) is 6.38. The Morgan fingerprint density at radius 3 is 2.53 bits per heavy atom. The van der Waals surface area contributed by atoms with Gasteiger partial charge >= 0.3 is 0 Å². The number of rotatable bonds is 3. The third kappa shape index (κ3) is 3.45. The number of carbonyl (C=O) groups is 1. The molecule has 1 saturated heterocycles. The molecule has 0 aliphatic carbocycles. The summed E-state index contributed by atoms with van der Waals surface area (Å²) in [5, 5.41) is 18.9. The molecule has 1 aromatic carbocycles. The predicted octanol–water partition coefficient (Wildman–Crippen LogP) is 1.39. The average Bonchev–Trinajstić information content (AvgIpc) is 2.26. The van der Waals surface area contributed by atoms with Crippen LogP contribution in [0.2, 0.25) is 0 Å². The van der Waals surface area contributed by atoms with E-state index in [0.29, 0.717) is 13.1 Å². The molecule has 0 radical (unpaired) electrons. The van der Waals surface area contributed by atoms with Gasteiger partial charge in [-0.25, -0.2) is 0 Å². The van der Waals surface area contributed by atoms with Crippen LogP contribution in [0.1, 0.15) is 24.2 Å². The molecule has 1 aliphatic rings. The Bertz CT molecular complexity index is 465. The Labute approximate surface area is 112 Å². The van der Waals surface area contributed by atoms with Crippen molar-refractivity contribution in [2.75, 3.05) is 19.6 Å². The van der Waals surface area contributed by atoms with Crippen molar-refractivity contribution >= 4 is 5.78 Å². The van der Waals surface area contributed by atoms with Crippen LogP contribution >= 0.6 is 0 Å². The maximum atomic E-state index is 12.1. The van der Waals surface area contributed by atoms with Crippen molar-refractivity contribution in [1.29, 1.82) is 0 Å². The summed E-state index contributed by atoms with van der Waals surface area (Å²) in [5.74, 6) is -0.388. The van der Waals surface area contributed by atoms with E-state index in [1.54, 1.807) is 0 Å². The molecular weight excluding hydrogens is 246 g/mol. The van der Waals surface area contributed by atoms with Crippen LogP contribution in [0.3, 0.4) is 0 Å². The molecule has 1 aromatic rings. The summed E-state index contributed by atoms with van der Waals surface area (Å²) < 4.78 is 5.61. The SMILES string of the molecule is C[C@H]1CN(CC(=O)c2ccc(O)cc2O)C[C@H](C)O1. The van der Waals surface area contributed by atoms with E-state index >= 15 is 0 Å². The van der Waals surface area contributed by atoms with E-state index < -0.39 is 0 Å². The van der Waals surface area contributed by atoms with Crippen LogP contribution in [0.25, 0.3) is 0 Å². The summed E-state index contributed by atoms with van der Waals surface area (Å²) in [6.45, 7) is 5.61. The van der Waals surface area contributed by atoms with E-state index in [-0.39, 0.29) is 41.6 Å². The molecule has 2 atom stereocenters. The molecule has 5 nitrogen and oxygen atoms in total. The molecule has 1 fully saturated rings. The van der Waals surface area contributed by atoms with Crippen molar-refractivity contribution in [3.05, 3.63) is 23.8 Å². The first kappa shape index (κ1) is 13.8. The van der Waals surface area contributed by atoms with Gasteiger partial charge in [0.25, 0.3) is 0 Å². The van der Waals surface area contributed by atoms with Crippen LogP contribution in [0.5, 0.6) is 11.5 Å². The van der Waals surface area contributed by atoms with Gasteiger partial charge in [0, 0.05) is 19.2 Å². The van der Waals surface area contributed by atoms with Gasteiger partial charge in [-0.3, -0.25) is 9.69 Å². The molecule has 0 bridgehead atoms. The Morgan fingerprint density at radius 2 is 1.95 bits per heavy atom. The third-order valence-corrected chi connectivity index (χ3v) is 3.14. The molecule has 104 valence electrons. The van der Waals surface area contributed by atoms with Crippen LogP contribution < -0.4 is 0 Å². The van der Waals surface area contributed by atoms with Gasteiger partial charge in [-0.05, 0) is 26.0 Å². The highest BCUT2D eigenvalue weighted by molar-refractivity contribution is 6.00. The van der Waals surface area contributed by atoms with E-state index in [1.807, 2.05) is 18.7 Å². The minimum atomic E-state index is -0.181. The van der Waals surface area contributed by atoms with Gasteiger partial charge < -0.3 is 14.9 Å². The normalized spacial score (nSPS) is 24.3. The molecule has 0 aromatic heterocycles. The number of hydrogen-bond donors (Lipinski definition) is 2. The van der Waals surface area contributed by atoms with Gasteiger partial charge in [0.1, 0.15) is 11.5 Å². The standard InChI is InChI=1S/C14H19NO4/c1-9-6-15(7-10(2)19-9)8-14(18)12-4-3-11(16)5-13(12)17/h3-5,9-10,16-17H,6-8H2,1-2H3/t9-,10-/m0/s1. The molecule has 2 rings (SSSR count). The summed E-state index contributed by atoms with van der Waals surface area (Å²) in [6, 6.07) is 4.02. The zero-order valence-electron chi connectivity index (χ0n) is 11.2. The molecule has 1 aliphatic heterocycles. The fraction of sp³-hybridized carbons (Fsp3) is 0.500. The first-order chi connectivity index (χ1) is 8.95. The molecule has 19 heavy (non-hydrogen) atoms. The van der Waals surface area contributed by atoms with Gasteiger partial charge in [0.15, 0.2) is 5.78 Å². The quantitative estimate of drug-likeness (QED) is 0.808. The highest BCUT2D eigenvalue weighted by atomic mass is 16.5. The van der Waals surface area contributed by atoms with E-state index in [1.165, 1.54) is 18.2 Å². The minimum Gasteiger partial charge on any atom is -0.508 e. The van der Waals surface area contributed by atoms with Crippen molar-refractivity contribution in [3.63, 3.8) is 0 Å². The average molecular weight is 265 g/mol. The fourth-order valence-corrected chi connectivity index (χ4v) is 2.46. The number of ketones is 1. The summed E-state index contributed by atoms with van der Waals surface area (Å²) in [7, 11) is 0. The Kier molecular flexibility index (Phi) is 4.07. The van der Waals surface area contributed by atoms with E-state index in [0.717, 1.165) is 0 Å². The van der Waals surface area contributed by atoms with Crippen LogP contribution in [0.4, 0.5) is 0 Å². The molecule has 0 amide bonds. The van der Waals surface area contributed by atoms with Gasteiger partial charge in [-0.15, -0.1) is 0 Å². The summed E-state index contributed by atoms with van der Waals surface area (Å²) in [6.07, 6.45) is 0.204. The minimum absolute atomic E-state index is 0.0531. The Hall–Kier alpha value is -1.59. The predicted molar refractivity (Wildman–Crippen MR) is 70.6 cm³/mol. The lowest BCUT2D eigenvalue weighted by Crippen LogP contribution is -2.47. The van der Waals surface area contributed by atoms with Gasteiger partial charge in [-0.2, -0.15) is 0 Å². The highest BCUT2D eigenvalue weighted by Gasteiger charge is 2.24.